The second-order valence-electron chi connectivity index (χ2n) is 8.92. The minimum Gasteiger partial charge on any atom is -0.325 e. The first-order chi connectivity index (χ1) is 17.0. The van der Waals surface area contributed by atoms with Crippen LogP contribution in [-0.4, -0.2) is 41.4 Å². The molecule has 0 atom stereocenters. The third-order valence-corrected chi connectivity index (χ3v) is 6.35. The van der Waals surface area contributed by atoms with Gasteiger partial charge >= 0.3 is 0 Å². The molecule has 1 aromatic heterocycles. The van der Waals surface area contributed by atoms with Crippen molar-refractivity contribution in [2.24, 2.45) is 0 Å². The third kappa shape index (κ3) is 5.44. The minimum absolute atomic E-state index is 0.0261. The quantitative estimate of drug-likeness (QED) is 0.515. The number of anilines is 2. The number of hydrogen-bond donors (Lipinski definition) is 2. The van der Waals surface area contributed by atoms with E-state index in [0.29, 0.717) is 11.4 Å². The summed E-state index contributed by atoms with van der Waals surface area (Å²) in [4.78, 5) is 27.3. The maximum absolute atomic E-state index is 13.0. The van der Waals surface area contributed by atoms with Crippen LogP contribution in [0.15, 0.2) is 54.6 Å². The second-order valence-corrected chi connectivity index (χ2v) is 8.92. The summed E-state index contributed by atoms with van der Waals surface area (Å²) in [7, 11) is 1.73. The van der Waals surface area contributed by atoms with Crippen molar-refractivity contribution < 1.29 is 9.59 Å². The van der Waals surface area contributed by atoms with Crippen LogP contribution in [0.1, 0.15) is 42.1 Å². The molecule has 0 fully saturated rings. The van der Waals surface area contributed by atoms with Gasteiger partial charge in [0, 0.05) is 17.1 Å². The molecule has 35 heavy (non-hydrogen) atoms. The molecule has 0 unspecified atom stereocenters. The SMILES string of the molecule is CCc1ccccc1NC(=O)CN(C)CC(=O)Nc1c(C#N)c2c(n1-c1ccccc1)CCCC2. The van der Waals surface area contributed by atoms with Crippen LogP contribution in [0.25, 0.3) is 5.69 Å². The van der Waals surface area contributed by atoms with Gasteiger partial charge in [-0.15, -0.1) is 0 Å². The van der Waals surface area contributed by atoms with Crippen LogP contribution < -0.4 is 10.6 Å². The van der Waals surface area contributed by atoms with Crippen molar-refractivity contribution in [3.05, 3.63) is 77.0 Å². The van der Waals surface area contributed by atoms with E-state index in [1.807, 2.05) is 66.1 Å². The lowest BCUT2D eigenvalue weighted by atomic mass is 9.95. The maximum atomic E-state index is 13.0. The fraction of sp³-hybridized carbons (Fsp3) is 0.321. The van der Waals surface area contributed by atoms with Gasteiger partial charge < -0.3 is 10.6 Å². The number of nitriles is 1. The number of rotatable bonds is 8. The number of nitrogens with zero attached hydrogens (tertiary/aromatic N) is 3. The highest BCUT2D eigenvalue weighted by molar-refractivity contribution is 5.95. The Balaban J connectivity index is 1.48. The van der Waals surface area contributed by atoms with Gasteiger partial charge in [0.15, 0.2) is 0 Å². The summed E-state index contributed by atoms with van der Waals surface area (Å²) in [5, 5.41) is 15.9. The molecule has 4 rings (SSSR count). The average molecular weight is 470 g/mol. The Morgan fingerprint density at radius 2 is 1.63 bits per heavy atom. The first-order valence-corrected chi connectivity index (χ1v) is 12.1. The minimum atomic E-state index is -0.266. The zero-order valence-corrected chi connectivity index (χ0v) is 20.3. The van der Waals surface area contributed by atoms with Gasteiger partial charge in [-0.2, -0.15) is 5.26 Å². The first-order valence-electron chi connectivity index (χ1n) is 12.1. The average Bonchev–Trinajstić information content (AvgIpc) is 3.17. The Kier molecular flexibility index (Phi) is 7.64. The number of nitrogens with one attached hydrogen (secondary N) is 2. The first kappa shape index (κ1) is 24.2. The summed E-state index contributed by atoms with van der Waals surface area (Å²) in [6.45, 7) is 2.14. The van der Waals surface area contributed by atoms with E-state index in [0.717, 1.165) is 60.3 Å². The number of hydrogen-bond acceptors (Lipinski definition) is 4. The molecule has 0 aliphatic heterocycles. The molecule has 0 radical (unpaired) electrons. The summed E-state index contributed by atoms with van der Waals surface area (Å²) >= 11 is 0. The van der Waals surface area contributed by atoms with Gasteiger partial charge in [0.25, 0.3) is 0 Å². The van der Waals surface area contributed by atoms with E-state index in [4.69, 9.17) is 0 Å². The number of aromatic nitrogens is 1. The van der Waals surface area contributed by atoms with Crippen LogP contribution >= 0.6 is 0 Å². The number of fused-ring (bicyclic) bond motifs is 1. The van der Waals surface area contributed by atoms with Crippen LogP contribution in [0, 0.1) is 11.3 Å². The van der Waals surface area contributed by atoms with Crippen molar-refractivity contribution >= 4 is 23.3 Å². The monoisotopic (exact) mass is 469 g/mol. The Hall–Kier alpha value is -3.89. The molecular weight excluding hydrogens is 438 g/mol. The zero-order chi connectivity index (χ0) is 24.8. The number of aryl methyl sites for hydroxylation is 1. The summed E-state index contributed by atoms with van der Waals surface area (Å²) in [6, 6.07) is 19.8. The predicted molar refractivity (Wildman–Crippen MR) is 138 cm³/mol. The summed E-state index contributed by atoms with van der Waals surface area (Å²) in [5.74, 6) is 0.0742. The molecule has 1 aliphatic rings. The molecule has 2 N–H and O–H groups in total. The molecule has 2 amide bonds. The van der Waals surface area contributed by atoms with Crippen molar-refractivity contribution in [3.63, 3.8) is 0 Å². The second kappa shape index (κ2) is 11.0. The third-order valence-electron chi connectivity index (χ3n) is 6.35. The number of benzene rings is 2. The predicted octanol–water partition coefficient (Wildman–Crippen LogP) is 4.30. The van der Waals surface area contributed by atoms with Gasteiger partial charge in [-0.25, -0.2) is 0 Å². The Labute approximate surface area is 206 Å². The number of carbonyl (C=O) groups excluding carboxylic acids is 2. The molecule has 0 spiro atoms. The van der Waals surface area contributed by atoms with Crippen molar-refractivity contribution in [1.82, 2.24) is 9.47 Å². The lowest BCUT2D eigenvalue weighted by Crippen LogP contribution is -2.36. The van der Waals surface area contributed by atoms with Gasteiger partial charge in [0.1, 0.15) is 11.9 Å². The Bertz CT molecular complexity index is 1260. The normalized spacial score (nSPS) is 12.6. The number of para-hydroxylation sites is 2. The largest absolute Gasteiger partial charge is 0.325 e. The van der Waals surface area contributed by atoms with E-state index >= 15 is 0 Å². The molecule has 1 aliphatic carbocycles. The van der Waals surface area contributed by atoms with Crippen LogP contribution in [0.2, 0.25) is 0 Å². The molecule has 7 heteroatoms. The fourth-order valence-electron chi connectivity index (χ4n) is 4.75. The van der Waals surface area contributed by atoms with Gasteiger partial charge in [0.2, 0.25) is 11.8 Å². The molecule has 0 saturated heterocycles. The molecule has 0 bridgehead atoms. The fourth-order valence-corrected chi connectivity index (χ4v) is 4.75. The summed E-state index contributed by atoms with van der Waals surface area (Å²) in [6.07, 6.45) is 4.61. The van der Waals surface area contributed by atoms with Gasteiger partial charge in [-0.3, -0.25) is 19.1 Å². The van der Waals surface area contributed by atoms with Crippen LogP contribution in [0.4, 0.5) is 11.5 Å². The van der Waals surface area contributed by atoms with Gasteiger partial charge in [-0.1, -0.05) is 43.3 Å². The maximum Gasteiger partial charge on any atom is 0.239 e. The highest BCUT2D eigenvalue weighted by atomic mass is 16.2. The van der Waals surface area contributed by atoms with Gasteiger partial charge in [-0.05, 0) is 68.5 Å². The lowest BCUT2D eigenvalue weighted by molar-refractivity contribution is -0.119. The van der Waals surface area contributed by atoms with Crippen molar-refractivity contribution in [1.29, 1.82) is 5.26 Å². The number of carbonyl (C=O) groups is 2. The zero-order valence-electron chi connectivity index (χ0n) is 20.3. The summed E-state index contributed by atoms with van der Waals surface area (Å²) < 4.78 is 2.01. The molecular formula is C28H31N5O2. The molecule has 2 aromatic carbocycles. The van der Waals surface area contributed by atoms with E-state index in [9.17, 15) is 14.9 Å². The Morgan fingerprint density at radius 1 is 0.971 bits per heavy atom. The van der Waals surface area contributed by atoms with E-state index in [1.165, 1.54) is 0 Å². The molecule has 180 valence electrons. The van der Waals surface area contributed by atoms with E-state index in [2.05, 4.69) is 16.7 Å². The standard InChI is InChI=1S/C28H31N5O2/c1-3-20-11-7-9-15-24(20)30-26(34)18-32(2)19-27(35)31-28-23(17-29)22-14-8-10-16-25(22)33(28)21-12-5-4-6-13-21/h4-7,9,11-13,15H,3,8,10,14,16,18-19H2,1-2H3,(H,30,34)(H,31,35). The number of likely N-dealkylation sites (N-methyl/N-ethyl adjacent to an activating group) is 1. The van der Waals surface area contributed by atoms with Crippen LogP contribution in [0.3, 0.4) is 0 Å². The molecule has 1 heterocycles. The lowest BCUT2D eigenvalue weighted by Gasteiger charge is -2.19. The highest BCUT2D eigenvalue weighted by Gasteiger charge is 2.27. The van der Waals surface area contributed by atoms with E-state index in [-0.39, 0.29) is 24.9 Å². The number of amides is 2. The highest BCUT2D eigenvalue weighted by Crippen LogP contribution is 2.35. The van der Waals surface area contributed by atoms with Crippen LogP contribution in [0.5, 0.6) is 0 Å². The topological polar surface area (TPSA) is 90.2 Å². The summed E-state index contributed by atoms with van der Waals surface area (Å²) in [5.41, 5.74) is 5.44. The smallest absolute Gasteiger partial charge is 0.239 e. The van der Waals surface area contributed by atoms with Crippen molar-refractivity contribution in [2.75, 3.05) is 30.8 Å². The van der Waals surface area contributed by atoms with E-state index in [1.54, 1.807) is 11.9 Å². The molecule has 3 aromatic rings. The van der Waals surface area contributed by atoms with Crippen molar-refractivity contribution in [3.8, 4) is 11.8 Å². The van der Waals surface area contributed by atoms with Crippen LogP contribution in [-0.2, 0) is 28.9 Å². The van der Waals surface area contributed by atoms with Crippen molar-refractivity contribution in [2.45, 2.75) is 39.0 Å². The van der Waals surface area contributed by atoms with E-state index < -0.39 is 0 Å². The Morgan fingerprint density at radius 3 is 2.34 bits per heavy atom. The molecule has 7 nitrogen and oxygen atoms in total. The molecule has 0 saturated carbocycles. The van der Waals surface area contributed by atoms with Gasteiger partial charge in [0.05, 0.1) is 18.7 Å².